The fraction of sp³-hybridized carbons (Fsp3) is 0.444. The van der Waals surface area contributed by atoms with E-state index in [0.717, 1.165) is 17.2 Å². The molecule has 1 fully saturated rings. The molecule has 0 aliphatic carbocycles. The third-order valence-electron chi connectivity index (χ3n) is 4.85. The van der Waals surface area contributed by atoms with Gasteiger partial charge in [-0.1, -0.05) is 29.8 Å². The maximum Gasteiger partial charge on any atom is 0.432 e. The monoisotopic (exact) mass is 366 g/mol. The first-order chi connectivity index (χ1) is 12.2. The first-order valence-electron chi connectivity index (χ1n) is 8.31. The molecule has 1 aromatic carbocycles. The largest absolute Gasteiger partial charge is 0.432 e. The summed E-state index contributed by atoms with van der Waals surface area (Å²) >= 11 is 0. The van der Waals surface area contributed by atoms with Crippen molar-refractivity contribution in [2.75, 3.05) is 27.2 Å². The number of hydrogen-bond acceptors (Lipinski definition) is 3. The van der Waals surface area contributed by atoms with Crippen LogP contribution in [0, 0.1) is 6.92 Å². The second-order valence-electron chi connectivity index (χ2n) is 6.92. The highest BCUT2D eigenvalue weighted by Gasteiger charge is 2.39. The van der Waals surface area contributed by atoms with Gasteiger partial charge in [0.1, 0.15) is 5.69 Å². The summed E-state index contributed by atoms with van der Waals surface area (Å²) < 4.78 is 38.2. The van der Waals surface area contributed by atoms with Crippen LogP contribution in [0.15, 0.2) is 30.3 Å². The molecule has 3 rings (SSSR count). The van der Waals surface area contributed by atoms with Gasteiger partial charge in [0.15, 0.2) is 5.69 Å². The Morgan fingerprint density at radius 3 is 2.42 bits per heavy atom. The lowest BCUT2D eigenvalue weighted by Gasteiger charge is -2.25. The number of amides is 1. The second-order valence-corrected chi connectivity index (χ2v) is 6.92. The maximum absolute atomic E-state index is 12.7. The van der Waals surface area contributed by atoms with Crippen LogP contribution in [0.5, 0.6) is 0 Å². The summed E-state index contributed by atoms with van der Waals surface area (Å²) in [5.41, 5.74) is 1.04. The van der Waals surface area contributed by atoms with E-state index in [2.05, 4.69) is 5.10 Å². The van der Waals surface area contributed by atoms with E-state index < -0.39 is 17.8 Å². The van der Waals surface area contributed by atoms with Crippen LogP contribution in [0.3, 0.4) is 0 Å². The first kappa shape index (κ1) is 18.4. The number of nitrogens with one attached hydrogen (secondary N) is 1. The van der Waals surface area contributed by atoms with Crippen LogP contribution in [-0.2, 0) is 6.18 Å². The quantitative estimate of drug-likeness (QED) is 0.909. The van der Waals surface area contributed by atoms with Crippen molar-refractivity contribution in [2.45, 2.75) is 25.1 Å². The molecule has 0 unspecified atom stereocenters. The van der Waals surface area contributed by atoms with Crippen molar-refractivity contribution >= 4 is 5.91 Å². The average molecular weight is 366 g/mol. The molecular formula is C18H21F3N4O. The summed E-state index contributed by atoms with van der Waals surface area (Å²) in [5, 5.41) is 5.46. The van der Waals surface area contributed by atoms with E-state index in [9.17, 15) is 18.0 Å². The van der Waals surface area contributed by atoms with Gasteiger partial charge in [-0.15, -0.1) is 0 Å². The number of likely N-dealkylation sites (tertiary alicyclic amines) is 1. The summed E-state index contributed by atoms with van der Waals surface area (Å²) in [7, 11) is 3.88. The SMILES string of the molecule is Cc1ccc([C@@H]2CN(C(=O)c3cc(C(F)(F)F)[nH]n3)C[C@H]2N(C)C)cc1. The fourth-order valence-electron chi connectivity index (χ4n) is 3.36. The summed E-state index contributed by atoms with van der Waals surface area (Å²) in [5.74, 6) is -0.395. The number of carbonyl (C=O) groups excluding carboxylic acids is 1. The Hall–Kier alpha value is -2.35. The summed E-state index contributed by atoms with van der Waals surface area (Å²) in [6, 6.07) is 8.99. The van der Waals surface area contributed by atoms with E-state index in [0.29, 0.717) is 13.1 Å². The van der Waals surface area contributed by atoms with Gasteiger partial charge in [-0.2, -0.15) is 18.3 Å². The number of likely N-dealkylation sites (N-methyl/N-ethyl adjacent to an activating group) is 1. The number of benzene rings is 1. The number of alkyl halides is 3. The number of hydrogen-bond donors (Lipinski definition) is 1. The molecule has 2 aromatic rings. The van der Waals surface area contributed by atoms with Gasteiger partial charge in [0, 0.05) is 31.1 Å². The Morgan fingerprint density at radius 2 is 1.88 bits per heavy atom. The van der Waals surface area contributed by atoms with Crippen molar-refractivity contribution in [1.29, 1.82) is 0 Å². The van der Waals surface area contributed by atoms with Crippen molar-refractivity contribution in [2.24, 2.45) is 0 Å². The highest BCUT2D eigenvalue weighted by atomic mass is 19.4. The third-order valence-corrected chi connectivity index (χ3v) is 4.85. The van der Waals surface area contributed by atoms with Crippen molar-refractivity contribution in [1.82, 2.24) is 20.0 Å². The second kappa shape index (κ2) is 6.75. The molecule has 1 aliphatic heterocycles. The number of nitrogens with zero attached hydrogens (tertiary/aromatic N) is 3. The lowest BCUT2D eigenvalue weighted by atomic mass is 9.93. The fourth-order valence-corrected chi connectivity index (χ4v) is 3.36. The number of carbonyl (C=O) groups is 1. The molecule has 8 heteroatoms. The van der Waals surface area contributed by atoms with Gasteiger partial charge in [-0.3, -0.25) is 9.89 Å². The summed E-state index contributed by atoms with van der Waals surface area (Å²) in [6.07, 6.45) is -4.55. The van der Waals surface area contributed by atoms with Gasteiger partial charge in [0.25, 0.3) is 5.91 Å². The molecule has 0 bridgehead atoms. The molecule has 1 amide bonds. The van der Waals surface area contributed by atoms with E-state index in [4.69, 9.17) is 0 Å². The van der Waals surface area contributed by atoms with Crippen LogP contribution in [0.1, 0.15) is 33.2 Å². The van der Waals surface area contributed by atoms with E-state index in [1.807, 2.05) is 55.3 Å². The summed E-state index contributed by atoms with van der Waals surface area (Å²) in [4.78, 5) is 16.3. The van der Waals surface area contributed by atoms with Gasteiger partial charge in [0.05, 0.1) is 0 Å². The number of aromatic amines is 1. The van der Waals surface area contributed by atoms with Crippen LogP contribution in [0.4, 0.5) is 13.2 Å². The van der Waals surface area contributed by atoms with Gasteiger partial charge >= 0.3 is 6.18 Å². The van der Waals surface area contributed by atoms with Gasteiger partial charge < -0.3 is 9.80 Å². The number of rotatable bonds is 3. The molecule has 140 valence electrons. The number of H-pyrrole nitrogens is 1. The van der Waals surface area contributed by atoms with E-state index >= 15 is 0 Å². The molecular weight excluding hydrogens is 345 g/mol. The molecule has 2 heterocycles. The number of aromatic nitrogens is 2. The standard InChI is InChI=1S/C18H21F3N4O/c1-11-4-6-12(7-5-11)13-9-25(10-15(13)24(2)3)17(26)14-8-16(23-22-14)18(19,20)21/h4-8,13,15H,9-10H2,1-3H3,(H,22,23)/t13-,15+/m0/s1. The average Bonchev–Trinajstić information content (AvgIpc) is 3.22. The van der Waals surface area contributed by atoms with Gasteiger partial charge in [0.2, 0.25) is 0 Å². The number of halogens is 3. The van der Waals surface area contributed by atoms with Crippen LogP contribution in [-0.4, -0.2) is 59.1 Å². The van der Waals surface area contributed by atoms with Gasteiger partial charge in [-0.25, -0.2) is 0 Å². The Bertz CT molecular complexity index is 782. The Kier molecular flexibility index (Phi) is 4.79. The predicted octanol–water partition coefficient (Wildman–Crippen LogP) is 2.91. The minimum absolute atomic E-state index is 0.0858. The lowest BCUT2D eigenvalue weighted by Crippen LogP contribution is -2.36. The highest BCUT2D eigenvalue weighted by molar-refractivity contribution is 5.92. The normalized spacial score (nSPS) is 20.8. The topological polar surface area (TPSA) is 52.2 Å². The molecule has 0 radical (unpaired) electrons. The molecule has 2 atom stereocenters. The lowest BCUT2D eigenvalue weighted by molar-refractivity contribution is -0.141. The molecule has 1 saturated heterocycles. The first-order valence-corrected chi connectivity index (χ1v) is 8.31. The summed E-state index contributed by atoms with van der Waals surface area (Å²) in [6.45, 7) is 2.89. The van der Waals surface area contributed by atoms with Crippen molar-refractivity contribution < 1.29 is 18.0 Å². The molecule has 1 N–H and O–H groups in total. The smallest absolute Gasteiger partial charge is 0.335 e. The minimum atomic E-state index is -4.55. The zero-order valence-electron chi connectivity index (χ0n) is 14.8. The van der Waals surface area contributed by atoms with E-state index in [1.54, 1.807) is 4.90 Å². The molecule has 5 nitrogen and oxygen atoms in total. The van der Waals surface area contributed by atoms with Crippen molar-refractivity contribution in [3.63, 3.8) is 0 Å². The highest BCUT2D eigenvalue weighted by Crippen LogP contribution is 2.32. The zero-order valence-corrected chi connectivity index (χ0v) is 14.8. The molecule has 0 saturated carbocycles. The zero-order chi connectivity index (χ0) is 19.1. The molecule has 1 aliphatic rings. The minimum Gasteiger partial charge on any atom is -0.335 e. The third kappa shape index (κ3) is 3.60. The van der Waals surface area contributed by atoms with Crippen LogP contribution in [0.2, 0.25) is 0 Å². The Labute approximate surface area is 149 Å². The molecule has 26 heavy (non-hydrogen) atoms. The van der Waals surface area contributed by atoms with E-state index in [1.165, 1.54) is 0 Å². The Morgan fingerprint density at radius 1 is 1.23 bits per heavy atom. The Balaban J connectivity index is 1.82. The van der Waals surface area contributed by atoms with Crippen molar-refractivity contribution in [3.05, 3.63) is 52.8 Å². The maximum atomic E-state index is 12.7. The number of aryl methyl sites for hydroxylation is 1. The van der Waals surface area contributed by atoms with Crippen molar-refractivity contribution in [3.8, 4) is 0 Å². The van der Waals surface area contributed by atoms with E-state index in [-0.39, 0.29) is 17.7 Å². The predicted molar refractivity (Wildman–Crippen MR) is 90.9 cm³/mol. The van der Waals surface area contributed by atoms with Crippen LogP contribution in [0.25, 0.3) is 0 Å². The van der Waals surface area contributed by atoms with Gasteiger partial charge in [-0.05, 0) is 26.6 Å². The van der Waals surface area contributed by atoms with Crippen LogP contribution >= 0.6 is 0 Å². The molecule has 1 aromatic heterocycles. The van der Waals surface area contributed by atoms with Crippen LogP contribution < -0.4 is 0 Å². The molecule has 0 spiro atoms.